The maximum atomic E-state index is 13.0. The van der Waals surface area contributed by atoms with Crippen molar-refractivity contribution in [2.45, 2.75) is 18.2 Å². The van der Waals surface area contributed by atoms with Gasteiger partial charge >= 0.3 is 0 Å². The first-order chi connectivity index (χ1) is 15.5. The van der Waals surface area contributed by atoms with Gasteiger partial charge in [0, 0.05) is 24.4 Å². The van der Waals surface area contributed by atoms with Gasteiger partial charge in [0.1, 0.15) is 0 Å². The fourth-order valence-electron chi connectivity index (χ4n) is 3.61. The topological polar surface area (TPSA) is 56.1 Å². The smallest absolute Gasteiger partial charge is 0.267 e. The van der Waals surface area contributed by atoms with Crippen LogP contribution in [0.25, 0.3) is 11.1 Å². The average molecular weight is 442 g/mol. The highest BCUT2D eigenvalue weighted by molar-refractivity contribution is 7.90. The number of Topliss-reactive ketones (excluding diaryl/α,β-unsaturated/α-hetero) is 1. The van der Waals surface area contributed by atoms with E-state index in [4.69, 9.17) is 0 Å². The van der Waals surface area contributed by atoms with Crippen LogP contribution >= 0.6 is 0 Å². The lowest BCUT2D eigenvalue weighted by Gasteiger charge is -2.12. The van der Waals surface area contributed by atoms with E-state index < -0.39 is 10.0 Å². The first-order valence-electron chi connectivity index (χ1n) is 10.3. The van der Waals surface area contributed by atoms with Gasteiger partial charge in [-0.2, -0.15) is 0 Å². The van der Waals surface area contributed by atoms with E-state index in [1.807, 2.05) is 67.6 Å². The molecule has 0 N–H and O–H groups in total. The number of hydrogen-bond acceptors (Lipinski definition) is 3. The largest absolute Gasteiger partial charge is 0.294 e. The number of ketones is 1. The Morgan fingerprint density at radius 2 is 1.25 bits per heavy atom. The maximum Gasteiger partial charge on any atom is 0.267 e. The Hall–Kier alpha value is -3.70. The number of allylic oxidation sites excluding steroid dienone is 2. The zero-order valence-corrected chi connectivity index (χ0v) is 18.5. The molecule has 4 aromatic rings. The molecule has 0 aliphatic heterocycles. The number of rotatable bonds is 7. The second kappa shape index (κ2) is 9.20. The number of carbonyl (C=O) groups excluding carboxylic acids is 1. The van der Waals surface area contributed by atoms with Crippen LogP contribution < -0.4 is 0 Å². The van der Waals surface area contributed by atoms with E-state index in [0.717, 1.165) is 22.3 Å². The minimum Gasteiger partial charge on any atom is -0.294 e. The molecule has 0 fully saturated rings. The molecular formula is C27H23NO3S. The fraction of sp³-hybridized carbons (Fsp3) is 0.0741. The summed E-state index contributed by atoms with van der Waals surface area (Å²) >= 11 is 0. The molecule has 0 aliphatic rings. The predicted octanol–water partition coefficient (Wildman–Crippen LogP) is 5.93. The van der Waals surface area contributed by atoms with Crippen molar-refractivity contribution in [3.05, 3.63) is 126 Å². The van der Waals surface area contributed by atoms with Crippen molar-refractivity contribution in [2.24, 2.45) is 0 Å². The quantitative estimate of drug-likeness (QED) is 0.334. The lowest BCUT2D eigenvalue weighted by molar-refractivity contribution is 0.0998. The van der Waals surface area contributed by atoms with Crippen LogP contribution in [-0.2, 0) is 10.0 Å². The molecule has 0 amide bonds. The predicted molar refractivity (Wildman–Crippen MR) is 128 cm³/mol. The van der Waals surface area contributed by atoms with Crippen molar-refractivity contribution >= 4 is 27.0 Å². The monoisotopic (exact) mass is 441 g/mol. The minimum atomic E-state index is -3.68. The fourth-order valence-corrected chi connectivity index (χ4v) is 4.83. The summed E-state index contributed by atoms with van der Waals surface area (Å²) < 4.78 is 27.2. The Bertz CT molecular complexity index is 1350. The van der Waals surface area contributed by atoms with E-state index >= 15 is 0 Å². The molecule has 160 valence electrons. The van der Waals surface area contributed by atoms with E-state index in [1.165, 1.54) is 3.97 Å². The van der Waals surface area contributed by atoms with Crippen LogP contribution in [-0.4, -0.2) is 18.2 Å². The molecule has 4 nitrogen and oxygen atoms in total. The van der Waals surface area contributed by atoms with Crippen LogP contribution in [0.15, 0.2) is 114 Å². The van der Waals surface area contributed by atoms with Gasteiger partial charge in [0.15, 0.2) is 5.78 Å². The first kappa shape index (κ1) is 21.5. The molecule has 0 spiro atoms. The third-order valence-corrected chi connectivity index (χ3v) is 7.08. The summed E-state index contributed by atoms with van der Waals surface area (Å²) in [7, 11) is -3.68. The molecule has 1 aromatic heterocycles. The molecule has 3 aromatic carbocycles. The summed E-state index contributed by atoms with van der Waals surface area (Å²) in [5.41, 5.74) is 4.08. The van der Waals surface area contributed by atoms with E-state index in [9.17, 15) is 13.2 Å². The zero-order chi connectivity index (χ0) is 22.6. The Morgan fingerprint density at radius 3 is 1.84 bits per heavy atom. The van der Waals surface area contributed by atoms with E-state index in [2.05, 4.69) is 0 Å². The van der Waals surface area contributed by atoms with Crippen molar-refractivity contribution in [3.8, 4) is 0 Å². The Labute approximate surface area is 188 Å². The summed E-state index contributed by atoms with van der Waals surface area (Å²) in [6.07, 6.45) is 3.37. The van der Waals surface area contributed by atoms with Crippen LogP contribution in [0.1, 0.15) is 34.8 Å². The molecule has 0 saturated heterocycles. The molecule has 0 bridgehead atoms. The molecule has 0 unspecified atom stereocenters. The Balaban J connectivity index is 1.75. The van der Waals surface area contributed by atoms with E-state index in [1.54, 1.807) is 48.8 Å². The minimum absolute atomic E-state index is 0.0140. The third kappa shape index (κ3) is 4.48. The van der Waals surface area contributed by atoms with Crippen LogP contribution in [0.5, 0.6) is 0 Å². The van der Waals surface area contributed by atoms with Crippen molar-refractivity contribution in [2.75, 3.05) is 0 Å². The first-order valence-corrected chi connectivity index (χ1v) is 11.7. The standard InChI is InChI=1S/C27H23NO3S/c1-21(24-17-18-28(20-24)32(30,31)25-15-9-4-10-16-25)26(22-11-5-2-6-12-22)19-27(29)23-13-7-3-8-14-23/h2-18,20H,19H2,1H3/b26-21-. The number of hydrogen-bond donors (Lipinski definition) is 0. The molecule has 0 radical (unpaired) electrons. The molecule has 1 heterocycles. The van der Waals surface area contributed by atoms with Gasteiger partial charge in [-0.15, -0.1) is 0 Å². The summed E-state index contributed by atoms with van der Waals surface area (Å²) in [4.78, 5) is 13.2. The molecule has 0 aliphatic carbocycles. The normalized spacial score (nSPS) is 12.3. The zero-order valence-electron chi connectivity index (χ0n) is 17.7. The highest BCUT2D eigenvalue weighted by Gasteiger charge is 2.19. The van der Waals surface area contributed by atoms with Crippen LogP contribution in [0.3, 0.4) is 0 Å². The van der Waals surface area contributed by atoms with Gasteiger partial charge in [0.25, 0.3) is 10.0 Å². The summed E-state index contributed by atoms with van der Waals surface area (Å²) in [6, 6.07) is 29.0. The average Bonchev–Trinajstić information content (AvgIpc) is 3.35. The van der Waals surface area contributed by atoms with Crippen LogP contribution in [0.4, 0.5) is 0 Å². The van der Waals surface area contributed by atoms with Gasteiger partial charge in [-0.25, -0.2) is 12.4 Å². The van der Waals surface area contributed by atoms with Gasteiger partial charge < -0.3 is 0 Å². The SMILES string of the molecule is C/C(=C(\CC(=O)c1ccccc1)c1ccccc1)c1ccn(S(=O)(=O)c2ccccc2)c1. The van der Waals surface area contributed by atoms with Gasteiger partial charge in [0.05, 0.1) is 4.90 Å². The third-order valence-electron chi connectivity index (χ3n) is 5.43. The van der Waals surface area contributed by atoms with Crippen molar-refractivity contribution in [1.82, 2.24) is 3.97 Å². The number of carbonyl (C=O) groups is 1. The number of aromatic nitrogens is 1. The molecule has 4 rings (SSSR count). The highest BCUT2D eigenvalue weighted by atomic mass is 32.2. The second-order valence-corrected chi connectivity index (χ2v) is 9.33. The van der Waals surface area contributed by atoms with E-state index in [-0.39, 0.29) is 17.1 Å². The summed E-state index contributed by atoms with van der Waals surface area (Å²) in [5, 5.41) is 0. The van der Waals surface area contributed by atoms with Crippen molar-refractivity contribution < 1.29 is 13.2 Å². The lowest BCUT2D eigenvalue weighted by Crippen LogP contribution is -2.10. The van der Waals surface area contributed by atoms with Crippen LogP contribution in [0, 0.1) is 0 Å². The Kier molecular flexibility index (Phi) is 6.19. The maximum absolute atomic E-state index is 13.0. The second-order valence-electron chi connectivity index (χ2n) is 7.48. The molecule has 0 atom stereocenters. The van der Waals surface area contributed by atoms with Gasteiger partial charge in [-0.05, 0) is 47.4 Å². The summed E-state index contributed by atoms with van der Waals surface area (Å²) in [5.74, 6) is 0.0140. The van der Waals surface area contributed by atoms with E-state index in [0.29, 0.717) is 5.56 Å². The van der Waals surface area contributed by atoms with Crippen molar-refractivity contribution in [3.63, 3.8) is 0 Å². The highest BCUT2D eigenvalue weighted by Crippen LogP contribution is 2.31. The van der Waals surface area contributed by atoms with Crippen LogP contribution in [0.2, 0.25) is 0 Å². The van der Waals surface area contributed by atoms with Gasteiger partial charge in [-0.1, -0.05) is 78.9 Å². The van der Waals surface area contributed by atoms with Crippen molar-refractivity contribution in [1.29, 1.82) is 0 Å². The number of nitrogens with zero attached hydrogens (tertiary/aromatic N) is 1. The molecule has 0 saturated carbocycles. The molecule has 5 heteroatoms. The van der Waals surface area contributed by atoms with Gasteiger partial charge in [0.2, 0.25) is 0 Å². The lowest BCUT2D eigenvalue weighted by atomic mass is 9.91. The number of benzene rings is 3. The Morgan fingerprint density at radius 1 is 0.719 bits per heavy atom. The molecular weight excluding hydrogens is 418 g/mol. The summed E-state index contributed by atoms with van der Waals surface area (Å²) in [6.45, 7) is 1.93. The van der Waals surface area contributed by atoms with Gasteiger partial charge in [-0.3, -0.25) is 4.79 Å². The molecule has 32 heavy (non-hydrogen) atoms.